The highest BCUT2D eigenvalue weighted by molar-refractivity contribution is 5.28. The van der Waals surface area contributed by atoms with E-state index in [-0.39, 0.29) is 6.10 Å². The fourth-order valence-electron chi connectivity index (χ4n) is 3.67. The Morgan fingerprint density at radius 2 is 1.86 bits per heavy atom. The monoisotopic (exact) mass is 286 g/mol. The summed E-state index contributed by atoms with van der Waals surface area (Å²) >= 11 is 0. The first-order valence-electron chi connectivity index (χ1n) is 7.79. The average Bonchev–Trinajstić information content (AvgIpc) is 2.72. The number of benzene rings is 1. The van der Waals surface area contributed by atoms with Crippen molar-refractivity contribution in [2.24, 2.45) is 0 Å². The number of hydrogen-bond acceptors (Lipinski definition) is 4. The first-order chi connectivity index (χ1) is 10.3. The molecule has 112 valence electrons. The van der Waals surface area contributed by atoms with Crippen LogP contribution in [0.2, 0.25) is 0 Å². The molecule has 2 heterocycles. The number of aliphatic hydroxyl groups excluding tert-OH is 1. The summed E-state index contributed by atoms with van der Waals surface area (Å²) in [4.78, 5) is 2.51. The van der Waals surface area contributed by atoms with Crippen LogP contribution in [0.25, 0.3) is 0 Å². The Morgan fingerprint density at radius 1 is 1.19 bits per heavy atom. The molecule has 2 unspecified atom stereocenters. The molecule has 2 fully saturated rings. The standard InChI is InChI=1S/C17H22N2O2/c18-8-7-13-1-5-17(6-2-13)21-10-9-19-14-3-4-15(19)12-16(20)11-14/h1-2,5-6,14-16,20H,3-4,7,9-12H2. The minimum absolute atomic E-state index is 0.104. The van der Waals surface area contributed by atoms with E-state index in [0.717, 1.165) is 30.7 Å². The maximum absolute atomic E-state index is 9.80. The zero-order valence-corrected chi connectivity index (χ0v) is 12.2. The molecule has 21 heavy (non-hydrogen) atoms. The van der Waals surface area contributed by atoms with Crippen molar-refractivity contribution < 1.29 is 9.84 Å². The predicted octanol–water partition coefficient (Wildman–Crippen LogP) is 2.12. The Labute approximate surface area is 125 Å². The van der Waals surface area contributed by atoms with Crippen LogP contribution in [0.1, 0.15) is 31.2 Å². The lowest BCUT2D eigenvalue weighted by Gasteiger charge is -2.36. The molecule has 2 saturated heterocycles. The highest BCUT2D eigenvalue weighted by Gasteiger charge is 2.39. The van der Waals surface area contributed by atoms with E-state index in [0.29, 0.717) is 25.1 Å². The minimum Gasteiger partial charge on any atom is -0.492 e. The largest absolute Gasteiger partial charge is 0.492 e. The van der Waals surface area contributed by atoms with Gasteiger partial charge in [0.2, 0.25) is 0 Å². The Morgan fingerprint density at radius 3 is 2.48 bits per heavy atom. The molecule has 0 saturated carbocycles. The van der Waals surface area contributed by atoms with Gasteiger partial charge in [0.05, 0.1) is 18.6 Å². The summed E-state index contributed by atoms with van der Waals surface area (Å²) in [6, 6.07) is 11.0. The smallest absolute Gasteiger partial charge is 0.119 e. The second-order valence-electron chi connectivity index (χ2n) is 6.08. The molecular formula is C17H22N2O2. The quantitative estimate of drug-likeness (QED) is 0.901. The van der Waals surface area contributed by atoms with Gasteiger partial charge in [0.15, 0.2) is 0 Å². The number of aliphatic hydroxyl groups is 1. The van der Waals surface area contributed by atoms with E-state index in [1.165, 1.54) is 12.8 Å². The number of nitriles is 1. The van der Waals surface area contributed by atoms with Crippen molar-refractivity contribution in [3.05, 3.63) is 29.8 Å². The summed E-state index contributed by atoms with van der Waals surface area (Å²) in [5.41, 5.74) is 1.02. The van der Waals surface area contributed by atoms with E-state index in [9.17, 15) is 5.11 Å². The van der Waals surface area contributed by atoms with Crippen LogP contribution in [0, 0.1) is 11.3 Å². The number of piperidine rings is 1. The predicted molar refractivity (Wildman–Crippen MR) is 80.0 cm³/mol. The fourth-order valence-corrected chi connectivity index (χ4v) is 3.67. The molecule has 0 spiro atoms. The third kappa shape index (κ3) is 3.37. The molecule has 1 N–H and O–H groups in total. The van der Waals surface area contributed by atoms with Gasteiger partial charge in [-0.1, -0.05) is 12.1 Å². The summed E-state index contributed by atoms with van der Waals surface area (Å²) in [6.07, 6.45) is 4.60. The number of nitrogens with zero attached hydrogens (tertiary/aromatic N) is 2. The van der Waals surface area contributed by atoms with Crippen molar-refractivity contribution in [1.29, 1.82) is 5.26 Å². The van der Waals surface area contributed by atoms with Gasteiger partial charge >= 0.3 is 0 Å². The van der Waals surface area contributed by atoms with Crippen LogP contribution in [0.3, 0.4) is 0 Å². The van der Waals surface area contributed by atoms with Gasteiger partial charge in [0, 0.05) is 18.6 Å². The van der Waals surface area contributed by atoms with E-state index in [1.807, 2.05) is 24.3 Å². The molecule has 2 aliphatic heterocycles. The number of ether oxygens (including phenoxy) is 1. The Hall–Kier alpha value is -1.57. The van der Waals surface area contributed by atoms with Crippen molar-refractivity contribution in [2.45, 2.75) is 50.3 Å². The maximum Gasteiger partial charge on any atom is 0.119 e. The molecule has 0 aromatic heterocycles. The van der Waals surface area contributed by atoms with Crippen LogP contribution >= 0.6 is 0 Å². The molecule has 0 radical (unpaired) electrons. The zero-order valence-electron chi connectivity index (χ0n) is 12.2. The molecule has 2 atom stereocenters. The molecular weight excluding hydrogens is 264 g/mol. The molecule has 3 rings (SSSR count). The van der Waals surface area contributed by atoms with Crippen LogP contribution < -0.4 is 4.74 Å². The minimum atomic E-state index is -0.104. The van der Waals surface area contributed by atoms with E-state index in [2.05, 4.69) is 11.0 Å². The Bertz CT molecular complexity index is 495. The first kappa shape index (κ1) is 14.4. The van der Waals surface area contributed by atoms with E-state index in [1.54, 1.807) is 0 Å². The average molecular weight is 286 g/mol. The van der Waals surface area contributed by atoms with Crippen LogP contribution in [0.4, 0.5) is 0 Å². The van der Waals surface area contributed by atoms with Gasteiger partial charge in [-0.05, 0) is 43.4 Å². The highest BCUT2D eigenvalue weighted by atomic mass is 16.5. The summed E-state index contributed by atoms with van der Waals surface area (Å²) in [7, 11) is 0. The number of fused-ring (bicyclic) bond motifs is 2. The van der Waals surface area contributed by atoms with E-state index >= 15 is 0 Å². The Kier molecular flexibility index (Phi) is 4.42. The van der Waals surface area contributed by atoms with Crippen molar-refractivity contribution in [1.82, 2.24) is 4.90 Å². The Balaban J connectivity index is 1.47. The van der Waals surface area contributed by atoms with Gasteiger partial charge in [-0.25, -0.2) is 0 Å². The summed E-state index contributed by atoms with van der Waals surface area (Å²) in [5, 5.41) is 18.4. The molecule has 0 aliphatic carbocycles. The second kappa shape index (κ2) is 6.46. The summed E-state index contributed by atoms with van der Waals surface area (Å²) in [5.74, 6) is 0.862. The fraction of sp³-hybridized carbons (Fsp3) is 0.588. The summed E-state index contributed by atoms with van der Waals surface area (Å²) < 4.78 is 5.81. The highest BCUT2D eigenvalue weighted by Crippen LogP contribution is 2.35. The second-order valence-corrected chi connectivity index (χ2v) is 6.08. The van der Waals surface area contributed by atoms with Gasteiger partial charge < -0.3 is 9.84 Å². The third-order valence-electron chi connectivity index (χ3n) is 4.68. The van der Waals surface area contributed by atoms with Crippen LogP contribution in [-0.4, -0.2) is 41.3 Å². The van der Waals surface area contributed by atoms with Crippen LogP contribution in [0.15, 0.2) is 24.3 Å². The molecule has 1 aromatic carbocycles. The lowest BCUT2D eigenvalue weighted by molar-refractivity contribution is 0.0288. The first-order valence-corrected chi connectivity index (χ1v) is 7.79. The molecule has 4 heteroatoms. The maximum atomic E-state index is 9.80. The van der Waals surface area contributed by atoms with Crippen LogP contribution in [0.5, 0.6) is 5.75 Å². The number of rotatable bonds is 5. The topological polar surface area (TPSA) is 56.5 Å². The lowest BCUT2D eigenvalue weighted by atomic mass is 10.0. The van der Waals surface area contributed by atoms with Gasteiger partial charge in [-0.2, -0.15) is 5.26 Å². The third-order valence-corrected chi connectivity index (χ3v) is 4.68. The molecule has 4 nitrogen and oxygen atoms in total. The van der Waals surface area contributed by atoms with Gasteiger partial charge in [0.25, 0.3) is 0 Å². The van der Waals surface area contributed by atoms with Crippen molar-refractivity contribution >= 4 is 0 Å². The molecule has 2 bridgehead atoms. The lowest BCUT2D eigenvalue weighted by Crippen LogP contribution is -2.46. The SMILES string of the molecule is N#CCc1ccc(OCCN2C3CCC2CC(O)C3)cc1. The molecule has 0 amide bonds. The van der Waals surface area contributed by atoms with Gasteiger partial charge in [0.1, 0.15) is 12.4 Å². The van der Waals surface area contributed by atoms with E-state index in [4.69, 9.17) is 10.00 Å². The normalized spacial score (nSPS) is 28.3. The van der Waals surface area contributed by atoms with E-state index < -0.39 is 0 Å². The van der Waals surface area contributed by atoms with Crippen molar-refractivity contribution in [3.63, 3.8) is 0 Å². The van der Waals surface area contributed by atoms with Crippen LogP contribution in [-0.2, 0) is 6.42 Å². The molecule has 1 aromatic rings. The zero-order chi connectivity index (χ0) is 14.7. The number of hydrogen-bond donors (Lipinski definition) is 1. The van der Waals surface area contributed by atoms with Gasteiger partial charge in [-0.3, -0.25) is 4.90 Å². The summed E-state index contributed by atoms with van der Waals surface area (Å²) in [6.45, 7) is 1.61. The van der Waals surface area contributed by atoms with Crippen molar-refractivity contribution in [2.75, 3.05) is 13.2 Å². The van der Waals surface area contributed by atoms with Crippen molar-refractivity contribution in [3.8, 4) is 11.8 Å². The molecule has 2 aliphatic rings. The van der Waals surface area contributed by atoms with Gasteiger partial charge in [-0.15, -0.1) is 0 Å².